The number of hydrogen-bond acceptors (Lipinski definition) is 3. The molecule has 1 atom stereocenters. The molecule has 0 saturated heterocycles. The van der Waals surface area contributed by atoms with E-state index in [4.69, 9.17) is 0 Å². The number of nitrogens with one attached hydrogen (secondary N) is 1. The first-order valence-corrected chi connectivity index (χ1v) is 5.70. The van der Waals surface area contributed by atoms with Crippen molar-refractivity contribution in [2.45, 2.75) is 38.0 Å². The van der Waals surface area contributed by atoms with Crippen LogP contribution in [0, 0.1) is 0 Å². The van der Waals surface area contributed by atoms with Gasteiger partial charge in [-0.2, -0.15) is 11.8 Å². The molecular formula is C9H19NO2S. The maximum absolute atomic E-state index is 11.2. The first-order valence-electron chi connectivity index (χ1n) is 4.41. The normalized spacial score (nSPS) is 13.9. The third-order valence-corrected chi connectivity index (χ3v) is 2.83. The quantitative estimate of drug-likeness (QED) is 0.704. The highest BCUT2D eigenvalue weighted by atomic mass is 32.2. The summed E-state index contributed by atoms with van der Waals surface area (Å²) in [4.78, 5) is 11.2. The predicted octanol–water partition coefficient (Wildman–Crippen LogP) is 1.02. The van der Waals surface area contributed by atoms with Gasteiger partial charge in [-0.1, -0.05) is 6.92 Å². The van der Waals surface area contributed by atoms with Gasteiger partial charge in [0.05, 0.1) is 0 Å². The Labute approximate surface area is 84.3 Å². The minimum Gasteiger partial charge on any atom is -0.381 e. The third kappa shape index (κ3) is 5.93. The van der Waals surface area contributed by atoms with E-state index in [0.717, 1.165) is 6.42 Å². The lowest BCUT2D eigenvalue weighted by atomic mass is 10.1. The molecule has 0 aromatic carbocycles. The molecule has 0 aliphatic heterocycles. The Balaban J connectivity index is 3.60. The molecule has 78 valence electrons. The second kappa shape index (κ2) is 5.50. The van der Waals surface area contributed by atoms with Crippen molar-refractivity contribution in [3.05, 3.63) is 0 Å². The monoisotopic (exact) mass is 205 g/mol. The first kappa shape index (κ1) is 12.8. The molecule has 0 aromatic rings. The van der Waals surface area contributed by atoms with Gasteiger partial charge >= 0.3 is 0 Å². The summed E-state index contributed by atoms with van der Waals surface area (Å²) in [6.45, 7) is 5.71. The van der Waals surface area contributed by atoms with Crippen molar-refractivity contribution in [1.29, 1.82) is 0 Å². The maximum atomic E-state index is 11.2. The molecule has 0 fully saturated rings. The molecule has 0 spiro atoms. The van der Waals surface area contributed by atoms with Gasteiger partial charge in [0.25, 0.3) is 5.91 Å². The molecule has 4 heteroatoms. The van der Waals surface area contributed by atoms with Gasteiger partial charge in [0.1, 0.15) is 5.60 Å². The second-order valence-corrected chi connectivity index (χ2v) is 4.93. The average Bonchev–Trinajstić information content (AvgIpc) is 2.02. The van der Waals surface area contributed by atoms with Gasteiger partial charge in [-0.15, -0.1) is 0 Å². The summed E-state index contributed by atoms with van der Waals surface area (Å²) in [7, 11) is 0. The number of rotatable bonds is 5. The zero-order chi connectivity index (χ0) is 10.5. The van der Waals surface area contributed by atoms with Gasteiger partial charge in [-0.25, -0.2) is 0 Å². The second-order valence-electron chi connectivity index (χ2n) is 3.65. The van der Waals surface area contributed by atoms with E-state index < -0.39 is 5.60 Å². The molecule has 0 bridgehead atoms. The average molecular weight is 205 g/mol. The Morgan fingerprint density at radius 3 is 2.54 bits per heavy atom. The summed E-state index contributed by atoms with van der Waals surface area (Å²) >= 11 is 1.77. The Bertz CT molecular complexity index is 165. The minimum atomic E-state index is -1.26. The van der Waals surface area contributed by atoms with Crippen molar-refractivity contribution in [3.63, 3.8) is 0 Å². The van der Waals surface area contributed by atoms with Crippen LogP contribution in [0.2, 0.25) is 0 Å². The van der Waals surface area contributed by atoms with Crippen molar-refractivity contribution < 1.29 is 9.90 Å². The number of carbonyl (C=O) groups excluding carboxylic acids is 1. The Morgan fingerprint density at radius 1 is 1.62 bits per heavy atom. The summed E-state index contributed by atoms with van der Waals surface area (Å²) < 4.78 is 0. The molecule has 0 aromatic heterocycles. The largest absolute Gasteiger partial charge is 0.381 e. The Morgan fingerprint density at radius 2 is 2.15 bits per heavy atom. The predicted molar refractivity (Wildman–Crippen MR) is 56.9 cm³/mol. The maximum Gasteiger partial charge on any atom is 0.251 e. The SMILES string of the molecule is CSC(C)CCNC(=O)C(C)(C)O. The molecular weight excluding hydrogens is 186 g/mol. The topological polar surface area (TPSA) is 49.3 Å². The van der Waals surface area contributed by atoms with Crippen LogP contribution in [0.15, 0.2) is 0 Å². The van der Waals surface area contributed by atoms with Crippen molar-refractivity contribution in [3.8, 4) is 0 Å². The molecule has 1 unspecified atom stereocenters. The van der Waals surface area contributed by atoms with E-state index in [1.165, 1.54) is 13.8 Å². The minimum absolute atomic E-state index is 0.305. The Kier molecular flexibility index (Phi) is 5.40. The van der Waals surface area contributed by atoms with Crippen LogP contribution in [-0.4, -0.2) is 34.7 Å². The van der Waals surface area contributed by atoms with E-state index in [2.05, 4.69) is 12.2 Å². The van der Waals surface area contributed by atoms with Gasteiger partial charge in [0.15, 0.2) is 0 Å². The lowest BCUT2D eigenvalue weighted by molar-refractivity contribution is -0.136. The van der Waals surface area contributed by atoms with Crippen molar-refractivity contribution >= 4 is 17.7 Å². The van der Waals surface area contributed by atoms with Crippen LogP contribution in [-0.2, 0) is 4.79 Å². The standard InChI is InChI=1S/C9H19NO2S/c1-7(13-4)5-6-10-8(11)9(2,3)12/h7,12H,5-6H2,1-4H3,(H,10,11). The zero-order valence-corrected chi connectivity index (χ0v) is 9.57. The molecule has 0 saturated carbocycles. The van der Waals surface area contributed by atoms with Gasteiger partial charge in [0, 0.05) is 11.8 Å². The van der Waals surface area contributed by atoms with E-state index in [1.807, 2.05) is 6.26 Å². The molecule has 13 heavy (non-hydrogen) atoms. The summed E-state index contributed by atoms with van der Waals surface area (Å²) in [6.07, 6.45) is 2.98. The van der Waals surface area contributed by atoms with Crippen molar-refractivity contribution in [2.75, 3.05) is 12.8 Å². The van der Waals surface area contributed by atoms with Gasteiger partial charge < -0.3 is 10.4 Å². The van der Waals surface area contributed by atoms with E-state index in [-0.39, 0.29) is 5.91 Å². The number of thioether (sulfide) groups is 1. The molecule has 0 radical (unpaired) electrons. The number of amides is 1. The lowest BCUT2D eigenvalue weighted by Gasteiger charge is -2.17. The molecule has 0 aliphatic rings. The van der Waals surface area contributed by atoms with Crippen LogP contribution in [0.1, 0.15) is 27.2 Å². The van der Waals surface area contributed by atoms with Crippen LogP contribution < -0.4 is 5.32 Å². The highest BCUT2D eigenvalue weighted by Gasteiger charge is 2.22. The number of hydrogen-bond donors (Lipinski definition) is 2. The first-order chi connectivity index (χ1) is 5.88. The molecule has 2 N–H and O–H groups in total. The molecule has 1 amide bonds. The summed E-state index contributed by atoms with van der Waals surface area (Å²) in [6, 6.07) is 0. The summed E-state index contributed by atoms with van der Waals surface area (Å²) in [5.41, 5.74) is -1.26. The summed E-state index contributed by atoms with van der Waals surface area (Å²) in [5.74, 6) is -0.305. The van der Waals surface area contributed by atoms with E-state index >= 15 is 0 Å². The third-order valence-electron chi connectivity index (χ3n) is 1.79. The van der Waals surface area contributed by atoms with Crippen LogP contribution in [0.25, 0.3) is 0 Å². The fourth-order valence-corrected chi connectivity index (χ4v) is 1.08. The highest BCUT2D eigenvalue weighted by molar-refractivity contribution is 7.99. The number of aliphatic hydroxyl groups is 1. The molecule has 0 heterocycles. The van der Waals surface area contributed by atoms with E-state index in [0.29, 0.717) is 11.8 Å². The van der Waals surface area contributed by atoms with Crippen LogP contribution in [0.3, 0.4) is 0 Å². The Hall–Kier alpha value is -0.220. The molecule has 0 rings (SSSR count). The number of carbonyl (C=O) groups is 1. The smallest absolute Gasteiger partial charge is 0.251 e. The van der Waals surface area contributed by atoms with E-state index in [9.17, 15) is 9.90 Å². The van der Waals surface area contributed by atoms with Crippen LogP contribution in [0.4, 0.5) is 0 Å². The summed E-state index contributed by atoms with van der Waals surface area (Å²) in [5, 5.41) is 12.5. The van der Waals surface area contributed by atoms with Gasteiger partial charge in [0.2, 0.25) is 0 Å². The van der Waals surface area contributed by atoms with Crippen molar-refractivity contribution in [2.24, 2.45) is 0 Å². The molecule has 0 aliphatic carbocycles. The van der Waals surface area contributed by atoms with E-state index in [1.54, 1.807) is 11.8 Å². The highest BCUT2D eigenvalue weighted by Crippen LogP contribution is 2.08. The van der Waals surface area contributed by atoms with Gasteiger partial charge in [-0.05, 0) is 26.5 Å². The van der Waals surface area contributed by atoms with Gasteiger partial charge in [-0.3, -0.25) is 4.79 Å². The zero-order valence-electron chi connectivity index (χ0n) is 8.76. The lowest BCUT2D eigenvalue weighted by Crippen LogP contribution is -2.42. The molecule has 3 nitrogen and oxygen atoms in total. The fourth-order valence-electron chi connectivity index (χ4n) is 0.723. The van der Waals surface area contributed by atoms with Crippen molar-refractivity contribution in [1.82, 2.24) is 5.32 Å². The van der Waals surface area contributed by atoms with Crippen LogP contribution in [0.5, 0.6) is 0 Å². The van der Waals surface area contributed by atoms with Crippen LogP contribution >= 0.6 is 11.8 Å². The fraction of sp³-hybridized carbons (Fsp3) is 0.889.